The minimum absolute atomic E-state index is 0.0975. The number of pyridine rings is 1. The predicted molar refractivity (Wildman–Crippen MR) is 47.7 cm³/mol. The summed E-state index contributed by atoms with van der Waals surface area (Å²) in [5.41, 5.74) is 0.148. The maximum absolute atomic E-state index is 10.5. The number of nitrogens with zero attached hydrogens (tertiary/aromatic N) is 2. The third-order valence-corrected chi connectivity index (χ3v) is 2.06. The highest BCUT2D eigenvalue weighted by Gasteiger charge is 2.21. The summed E-state index contributed by atoms with van der Waals surface area (Å²) in [7, 11) is 1.54. The molecule has 0 fully saturated rings. The van der Waals surface area contributed by atoms with Gasteiger partial charge in [-0.3, -0.25) is 15.3 Å². The van der Waals surface area contributed by atoms with Crippen LogP contribution >= 0.6 is 15.9 Å². The Morgan fingerprint density at radius 3 is 2.85 bits per heavy atom. The van der Waals surface area contributed by atoms with Crippen LogP contribution in [0.4, 0.5) is 11.4 Å². The lowest BCUT2D eigenvalue weighted by Crippen LogP contribution is -2.31. The molecule has 0 saturated heterocycles. The molecule has 1 rings (SSSR count). The van der Waals surface area contributed by atoms with Gasteiger partial charge in [-0.25, -0.2) is 0 Å². The molecule has 0 aromatic carbocycles. The number of nitro groups is 1. The second kappa shape index (κ2) is 3.56. The molecule has 0 radical (unpaired) electrons. The normalized spacial score (nSPS) is 9.69. The Balaban J connectivity index is 3.33. The van der Waals surface area contributed by atoms with Crippen LogP contribution in [0.2, 0.25) is 0 Å². The highest BCUT2D eigenvalue weighted by atomic mass is 79.9. The van der Waals surface area contributed by atoms with E-state index < -0.39 is 4.92 Å². The van der Waals surface area contributed by atoms with Gasteiger partial charge in [-0.1, -0.05) is 0 Å². The first-order chi connectivity index (χ1) is 6.06. The molecule has 70 valence electrons. The van der Waals surface area contributed by atoms with Crippen molar-refractivity contribution in [2.75, 3.05) is 12.4 Å². The number of hydrogen-bond donors (Lipinski definition) is 2. The van der Waals surface area contributed by atoms with Gasteiger partial charge in [0.1, 0.15) is 6.07 Å². The van der Waals surface area contributed by atoms with Crippen LogP contribution < -0.4 is 10.0 Å². The maximum Gasteiger partial charge on any atom is 0.306 e. The Bertz CT molecular complexity index is 355. The zero-order chi connectivity index (χ0) is 10.0. The second-order valence-electron chi connectivity index (χ2n) is 2.25. The third-order valence-electron chi connectivity index (χ3n) is 1.47. The monoisotopic (exact) mass is 248 g/mol. The van der Waals surface area contributed by atoms with Crippen LogP contribution in [0.5, 0.6) is 0 Å². The molecule has 0 atom stereocenters. The molecule has 7 heteroatoms. The quantitative estimate of drug-likeness (QED) is 0.268. The summed E-state index contributed by atoms with van der Waals surface area (Å²) >= 11 is 2.96. The fraction of sp³-hybridized carbons (Fsp3) is 0.167. The summed E-state index contributed by atoms with van der Waals surface area (Å²) in [6.45, 7) is 0. The average molecular weight is 249 g/mol. The third kappa shape index (κ3) is 1.86. The van der Waals surface area contributed by atoms with Crippen molar-refractivity contribution in [3.63, 3.8) is 0 Å². The highest BCUT2D eigenvalue weighted by Crippen LogP contribution is 2.23. The Morgan fingerprint density at radius 1 is 1.77 bits per heavy atom. The van der Waals surface area contributed by atoms with Crippen molar-refractivity contribution in [3.8, 4) is 0 Å². The fourth-order valence-corrected chi connectivity index (χ4v) is 1.17. The molecule has 0 amide bonds. The van der Waals surface area contributed by atoms with E-state index in [1.54, 1.807) is 0 Å². The number of anilines is 1. The van der Waals surface area contributed by atoms with E-state index >= 15 is 0 Å². The minimum Gasteiger partial charge on any atom is -0.378 e. The molecule has 1 aromatic heterocycles. The Labute approximate surface area is 82.0 Å². The van der Waals surface area contributed by atoms with Crippen LogP contribution in [0.3, 0.4) is 0 Å². The molecule has 1 aromatic rings. The lowest BCUT2D eigenvalue weighted by Gasteiger charge is -1.98. The molecule has 0 bridgehead atoms. The molecule has 0 aliphatic carbocycles. The van der Waals surface area contributed by atoms with Gasteiger partial charge < -0.3 is 5.32 Å². The van der Waals surface area contributed by atoms with Crippen molar-refractivity contribution in [2.45, 2.75) is 0 Å². The van der Waals surface area contributed by atoms with Crippen molar-refractivity contribution in [2.24, 2.45) is 0 Å². The van der Waals surface area contributed by atoms with Crippen LogP contribution in [0.25, 0.3) is 0 Å². The van der Waals surface area contributed by atoms with Gasteiger partial charge in [0.25, 0.3) is 6.20 Å². The summed E-state index contributed by atoms with van der Waals surface area (Å²) in [6.07, 6.45) is 1.21. The Hall–Kier alpha value is -1.37. The van der Waals surface area contributed by atoms with Gasteiger partial charge in [-0.05, 0) is 0 Å². The van der Waals surface area contributed by atoms with Gasteiger partial charge in [0, 0.05) is 27.7 Å². The molecule has 6 nitrogen and oxygen atoms in total. The molecule has 1 heterocycles. The largest absolute Gasteiger partial charge is 0.378 e. The zero-order valence-corrected chi connectivity index (χ0v) is 8.28. The van der Waals surface area contributed by atoms with Crippen molar-refractivity contribution in [3.05, 3.63) is 27.0 Å². The minimum atomic E-state index is -0.531. The van der Waals surface area contributed by atoms with Gasteiger partial charge in [-0.2, -0.15) is 0 Å². The van der Waals surface area contributed by atoms with Crippen LogP contribution in [-0.2, 0) is 0 Å². The van der Waals surface area contributed by atoms with Crippen molar-refractivity contribution >= 4 is 27.3 Å². The molecular formula is C6H7BrN3O3+. The Morgan fingerprint density at radius 2 is 2.38 bits per heavy atom. The summed E-state index contributed by atoms with van der Waals surface area (Å²) in [6, 6.07) is 1.21. The Kier molecular flexibility index (Phi) is 2.66. The molecule has 0 saturated carbocycles. The van der Waals surface area contributed by atoms with E-state index in [0.29, 0.717) is 0 Å². The average Bonchev–Trinajstić information content (AvgIpc) is 2.08. The van der Waals surface area contributed by atoms with Gasteiger partial charge in [0.2, 0.25) is 0 Å². The van der Waals surface area contributed by atoms with Gasteiger partial charge in [-0.15, -0.1) is 0 Å². The molecule has 0 unspecified atom stereocenters. The van der Waals surface area contributed by atoms with Gasteiger partial charge in [0.15, 0.2) is 5.69 Å². The first-order valence-electron chi connectivity index (χ1n) is 3.33. The maximum atomic E-state index is 10.5. The molecule has 13 heavy (non-hydrogen) atoms. The smallest absolute Gasteiger partial charge is 0.306 e. The lowest BCUT2D eigenvalue weighted by atomic mass is 10.3. The topological polar surface area (TPSA) is 79.3 Å². The lowest BCUT2D eigenvalue weighted by molar-refractivity contribution is -0.912. The highest BCUT2D eigenvalue weighted by molar-refractivity contribution is 9.10. The number of aromatic nitrogens is 1. The summed E-state index contributed by atoms with van der Waals surface area (Å²) < 4.78 is 0.969. The summed E-state index contributed by atoms with van der Waals surface area (Å²) in [4.78, 5) is 9.97. The standard InChI is InChI=1S/C6H7BrN3O3/c1-8-4-3-9(11)6(7)2-5(4)10(12)13/h2-3,8,11H,1H3/q+1. The van der Waals surface area contributed by atoms with Crippen molar-refractivity contribution < 1.29 is 14.9 Å². The summed E-state index contributed by atoms with van der Waals surface area (Å²) in [5, 5.41) is 22.2. The second-order valence-corrected chi connectivity index (χ2v) is 3.06. The van der Waals surface area contributed by atoms with Crippen LogP contribution in [0.1, 0.15) is 0 Å². The van der Waals surface area contributed by atoms with E-state index in [1.807, 2.05) is 0 Å². The van der Waals surface area contributed by atoms with Crippen LogP contribution in [0, 0.1) is 10.1 Å². The molecule has 2 N–H and O–H groups in total. The first kappa shape index (κ1) is 9.72. The van der Waals surface area contributed by atoms with Crippen LogP contribution in [-0.4, -0.2) is 17.2 Å². The summed E-state index contributed by atoms with van der Waals surface area (Å²) in [5.74, 6) is 0. The number of nitrogens with one attached hydrogen (secondary N) is 1. The first-order valence-corrected chi connectivity index (χ1v) is 4.12. The van der Waals surface area contributed by atoms with E-state index in [-0.39, 0.29) is 16.0 Å². The number of rotatable bonds is 2. The van der Waals surface area contributed by atoms with E-state index in [4.69, 9.17) is 5.21 Å². The number of hydrogen-bond acceptors (Lipinski definition) is 4. The zero-order valence-electron chi connectivity index (χ0n) is 6.69. The van der Waals surface area contributed by atoms with E-state index in [9.17, 15) is 10.1 Å². The molecular weight excluding hydrogens is 242 g/mol. The molecule has 0 aliphatic heterocycles. The van der Waals surface area contributed by atoms with Crippen LogP contribution in [0.15, 0.2) is 16.9 Å². The van der Waals surface area contributed by atoms with E-state index in [2.05, 4.69) is 21.2 Å². The predicted octanol–water partition coefficient (Wildman–Crippen LogP) is 0.924. The SMILES string of the molecule is CNc1c[n+](O)c(Br)cc1[N+](=O)[O-]. The van der Waals surface area contributed by atoms with Crippen molar-refractivity contribution in [1.29, 1.82) is 0 Å². The molecule has 0 aliphatic rings. The molecule has 0 spiro atoms. The fourth-order valence-electron chi connectivity index (χ4n) is 0.850. The van der Waals surface area contributed by atoms with Crippen molar-refractivity contribution in [1.82, 2.24) is 0 Å². The van der Waals surface area contributed by atoms with Gasteiger partial charge in [0.05, 0.1) is 4.92 Å². The van der Waals surface area contributed by atoms with E-state index in [0.717, 1.165) is 4.73 Å². The number of halogens is 1. The van der Waals surface area contributed by atoms with E-state index in [1.165, 1.54) is 19.3 Å². The van der Waals surface area contributed by atoms with Gasteiger partial charge >= 0.3 is 10.3 Å².